The minimum Gasteiger partial charge on any atom is -0.454 e. The van der Waals surface area contributed by atoms with Crippen LogP contribution in [0.3, 0.4) is 0 Å². The average molecular weight is 505 g/mol. The summed E-state index contributed by atoms with van der Waals surface area (Å²) in [7, 11) is 1.68. The number of ether oxygens (including phenoxy) is 1. The lowest BCUT2D eigenvalue weighted by atomic mass is 10.1. The van der Waals surface area contributed by atoms with Crippen molar-refractivity contribution in [3.8, 4) is 17.4 Å². The zero-order valence-corrected chi connectivity index (χ0v) is 21.7. The number of aromatic nitrogens is 4. The number of likely N-dealkylation sites (tertiary alicyclic amines) is 1. The normalized spacial score (nSPS) is 16.4. The maximum atomic E-state index is 13.0. The van der Waals surface area contributed by atoms with Gasteiger partial charge in [-0.2, -0.15) is 5.10 Å². The highest BCUT2D eigenvalue weighted by atomic mass is 16.5. The fraction of sp³-hybridized carbons (Fsp3) is 0.429. The van der Waals surface area contributed by atoms with Gasteiger partial charge in [-0.3, -0.25) is 4.79 Å². The topological polar surface area (TPSA) is 112 Å². The lowest BCUT2D eigenvalue weighted by Crippen LogP contribution is -2.28. The SMILES string of the molecule is C=C/C=c1/oc(-c2ccnc(-n3ncc(C(=O)N4CCCC4)c3C3CC3)n2)cc1=C.COCCC(C)N. The summed E-state index contributed by atoms with van der Waals surface area (Å²) >= 11 is 0. The van der Waals surface area contributed by atoms with Crippen LogP contribution in [0.15, 0.2) is 41.6 Å². The van der Waals surface area contributed by atoms with E-state index in [1.807, 2.05) is 17.9 Å². The standard InChI is InChI=1S/C23H23N5O2.C5H13NO/c1-3-6-19-15(2)13-20(30-19)18-9-10-24-23(26-18)28-21(16-7-8-16)17(14-25-28)22(29)27-11-4-5-12-27;1-5(6)3-4-7-2/h3,6,9-10,13-14,16H,1-2,4-5,7-8,11-12H2;5H,3-4,6H2,1-2H3/b19-6+;. The van der Waals surface area contributed by atoms with E-state index in [4.69, 9.17) is 14.9 Å². The van der Waals surface area contributed by atoms with E-state index >= 15 is 0 Å². The van der Waals surface area contributed by atoms with Crippen molar-refractivity contribution < 1.29 is 13.9 Å². The number of carbonyl (C=O) groups excluding carboxylic acids is 1. The first-order valence-electron chi connectivity index (χ1n) is 12.8. The Morgan fingerprint density at radius 3 is 2.73 bits per heavy atom. The third-order valence-corrected chi connectivity index (χ3v) is 6.37. The molecule has 37 heavy (non-hydrogen) atoms. The summed E-state index contributed by atoms with van der Waals surface area (Å²) in [6.07, 6.45) is 12.0. The maximum Gasteiger partial charge on any atom is 0.257 e. The number of hydrogen-bond acceptors (Lipinski definition) is 7. The molecule has 2 N–H and O–H groups in total. The highest BCUT2D eigenvalue weighted by Gasteiger charge is 2.35. The molecular weight excluding hydrogens is 468 g/mol. The van der Waals surface area contributed by atoms with Crippen LogP contribution in [0.1, 0.15) is 61.0 Å². The van der Waals surface area contributed by atoms with E-state index in [9.17, 15) is 4.79 Å². The van der Waals surface area contributed by atoms with Gasteiger partial charge in [0.05, 0.1) is 17.5 Å². The molecule has 2 fully saturated rings. The van der Waals surface area contributed by atoms with Crippen LogP contribution in [-0.4, -0.2) is 63.4 Å². The van der Waals surface area contributed by atoms with Gasteiger partial charge in [0.2, 0.25) is 0 Å². The van der Waals surface area contributed by atoms with Gasteiger partial charge in [-0.05, 0) is 57.2 Å². The van der Waals surface area contributed by atoms with Gasteiger partial charge in [-0.15, -0.1) is 0 Å². The van der Waals surface area contributed by atoms with Crippen LogP contribution >= 0.6 is 0 Å². The molecule has 196 valence electrons. The number of allylic oxidation sites excluding steroid dienone is 1. The van der Waals surface area contributed by atoms with Crippen molar-refractivity contribution in [1.29, 1.82) is 0 Å². The molecule has 9 heteroatoms. The number of hydrogen-bond donors (Lipinski definition) is 1. The molecule has 0 spiro atoms. The molecule has 1 amide bonds. The number of carbonyl (C=O) groups is 1. The number of furan rings is 1. The average Bonchev–Trinajstić information content (AvgIpc) is 3.27. The van der Waals surface area contributed by atoms with Gasteiger partial charge in [0.25, 0.3) is 11.9 Å². The summed E-state index contributed by atoms with van der Waals surface area (Å²) in [6, 6.07) is 3.91. The van der Waals surface area contributed by atoms with E-state index in [1.54, 1.807) is 42.4 Å². The van der Waals surface area contributed by atoms with Gasteiger partial charge in [0.1, 0.15) is 11.1 Å². The predicted molar refractivity (Wildman–Crippen MR) is 144 cm³/mol. The molecule has 9 nitrogen and oxygen atoms in total. The molecule has 1 unspecified atom stereocenters. The molecule has 1 aliphatic heterocycles. The lowest BCUT2D eigenvalue weighted by molar-refractivity contribution is 0.0791. The Hall–Kier alpha value is -3.56. The number of nitrogens with two attached hydrogens (primary N) is 1. The van der Waals surface area contributed by atoms with Crippen LogP contribution in [0.5, 0.6) is 0 Å². The first kappa shape index (κ1) is 26.5. The van der Waals surface area contributed by atoms with Crippen molar-refractivity contribution in [1.82, 2.24) is 24.6 Å². The van der Waals surface area contributed by atoms with Crippen LogP contribution in [0, 0.1) is 0 Å². The van der Waals surface area contributed by atoms with Gasteiger partial charge in [0.15, 0.2) is 5.76 Å². The van der Waals surface area contributed by atoms with Crippen molar-refractivity contribution in [3.05, 3.63) is 59.1 Å². The van der Waals surface area contributed by atoms with Gasteiger partial charge in [-0.25, -0.2) is 14.6 Å². The number of rotatable bonds is 8. The second kappa shape index (κ2) is 12.1. The minimum absolute atomic E-state index is 0.0640. The summed E-state index contributed by atoms with van der Waals surface area (Å²) in [5, 5.41) is 5.27. The Bertz CT molecular complexity index is 1330. The second-order valence-electron chi connectivity index (χ2n) is 9.53. The Morgan fingerprint density at radius 1 is 1.35 bits per heavy atom. The van der Waals surface area contributed by atoms with Crippen LogP contribution in [0.4, 0.5) is 0 Å². The Morgan fingerprint density at radius 2 is 2.11 bits per heavy atom. The van der Waals surface area contributed by atoms with Crippen LogP contribution < -0.4 is 16.4 Å². The monoisotopic (exact) mass is 504 g/mol. The molecule has 5 rings (SSSR count). The van der Waals surface area contributed by atoms with Gasteiger partial charge in [-0.1, -0.05) is 19.2 Å². The Kier molecular flexibility index (Phi) is 8.68. The van der Waals surface area contributed by atoms with Crippen molar-refractivity contribution in [2.24, 2.45) is 5.73 Å². The van der Waals surface area contributed by atoms with E-state index in [0.29, 0.717) is 34.3 Å². The largest absolute Gasteiger partial charge is 0.454 e. The Labute approximate surface area is 217 Å². The molecule has 3 aromatic rings. The zero-order chi connectivity index (χ0) is 26.4. The second-order valence-corrected chi connectivity index (χ2v) is 9.53. The number of nitrogens with zero attached hydrogens (tertiary/aromatic N) is 5. The first-order valence-corrected chi connectivity index (χ1v) is 12.8. The van der Waals surface area contributed by atoms with Crippen LogP contribution in [0.25, 0.3) is 30.1 Å². The molecule has 1 aliphatic carbocycles. The molecule has 3 aromatic heterocycles. The molecule has 2 aliphatic rings. The lowest BCUT2D eigenvalue weighted by Gasteiger charge is -2.15. The summed E-state index contributed by atoms with van der Waals surface area (Å²) in [5.41, 5.74) is 8.28. The minimum atomic E-state index is 0.0640. The molecular formula is C28H36N6O3. The zero-order valence-electron chi connectivity index (χ0n) is 21.7. The van der Waals surface area contributed by atoms with Crippen LogP contribution in [0.2, 0.25) is 0 Å². The number of amides is 1. The van der Waals surface area contributed by atoms with E-state index in [1.165, 1.54) is 0 Å². The maximum absolute atomic E-state index is 13.0. The van der Waals surface area contributed by atoms with E-state index in [-0.39, 0.29) is 11.9 Å². The smallest absolute Gasteiger partial charge is 0.257 e. The van der Waals surface area contributed by atoms with Gasteiger partial charge >= 0.3 is 0 Å². The predicted octanol–water partition coefficient (Wildman–Crippen LogP) is 2.78. The molecule has 1 atom stereocenters. The fourth-order valence-corrected chi connectivity index (χ4v) is 4.23. The van der Waals surface area contributed by atoms with E-state index in [0.717, 1.165) is 62.7 Å². The number of methoxy groups -OCH3 is 1. The van der Waals surface area contributed by atoms with Crippen molar-refractivity contribution in [3.63, 3.8) is 0 Å². The highest BCUT2D eigenvalue weighted by Crippen LogP contribution is 2.42. The summed E-state index contributed by atoms with van der Waals surface area (Å²) in [4.78, 5) is 24.0. The summed E-state index contributed by atoms with van der Waals surface area (Å²) in [5.74, 6) is 1.43. The van der Waals surface area contributed by atoms with E-state index < -0.39 is 0 Å². The van der Waals surface area contributed by atoms with Crippen molar-refractivity contribution >= 4 is 18.6 Å². The highest BCUT2D eigenvalue weighted by molar-refractivity contribution is 5.95. The fourth-order valence-electron chi connectivity index (χ4n) is 4.23. The first-order chi connectivity index (χ1) is 17.9. The third-order valence-electron chi connectivity index (χ3n) is 6.37. The molecule has 0 bridgehead atoms. The summed E-state index contributed by atoms with van der Waals surface area (Å²) in [6.45, 7) is 12.1. The summed E-state index contributed by atoms with van der Waals surface area (Å²) < 4.78 is 12.4. The van der Waals surface area contributed by atoms with Crippen molar-refractivity contribution in [2.75, 3.05) is 26.8 Å². The van der Waals surface area contributed by atoms with Crippen molar-refractivity contribution in [2.45, 2.75) is 51.0 Å². The molecule has 1 saturated carbocycles. The molecule has 0 aromatic carbocycles. The molecule has 4 heterocycles. The van der Waals surface area contributed by atoms with Gasteiger partial charge in [0, 0.05) is 50.2 Å². The van der Waals surface area contributed by atoms with Crippen LogP contribution in [-0.2, 0) is 4.74 Å². The van der Waals surface area contributed by atoms with Gasteiger partial charge < -0.3 is 19.8 Å². The molecule has 0 radical (unpaired) electrons. The third kappa shape index (κ3) is 6.42. The Balaban J connectivity index is 0.000000405. The molecule has 1 saturated heterocycles. The van der Waals surface area contributed by atoms with E-state index in [2.05, 4.69) is 28.2 Å². The quantitative estimate of drug-likeness (QED) is 0.502.